The maximum absolute atomic E-state index is 3.64. The Hall–Kier alpha value is -1.02. The molecule has 1 aromatic rings. The van der Waals surface area contributed by atoms with Crippen molar-refractivity contribution >= 4 is 5.69 Å². The topological polar surface area (TPSA) is 15.3 Å². The maximum atomic E-state index is 3.64. The number of fused-ring (bicyclic) bond motifs is 1. The molecule has 0 spiro atoms. The summed E-state index contributed by atoms with van der Waals surface area (Å²) in [4.78, 5) is 2.56. The second-order valence-corrected chi connectivity index (χ2v) is 5.30. The fraction of sp³-hybridized carbons (Fsp3) is 0.600. The molecule has 2 aliphatic heterocycles. The fourth-order valence-electron chi connectivity index (χ4n) is 3.12. The van der Waals surface area contributed by atoms with Gasteiger partial charge in [-0.25, -0.2) is 0 Å². The zero-order valence-corrected chi connectivity index (χ0v) is 10.5. The van der Waals surface area contributed by atoms with E-state index in [1.165, 1.54) is 63.0 Å². The molecular weight excluding hydrogens is 208 g/mol. The molecule has 1 aromatic carbocycles. The van der Waals surface area contributed by atoms with Gasteiger partial charge in [-0.1, -0.05) is 24.6 Å². The molecule has 0 unspecified atom stereocenters. The van der Waals surface area contributed by atoms with Crippen molar-refractivity contribution in [2.45, 2.75) is 38.1 Å². The predicted molar refractivity (Wildman–Crippen MR) is 72.6 cm³/mol. The Balaban J connectivity index is 1.56. The van der Waals surface area contributed by atoms with Crippen LogP contribution in [0.1, 0.15) is 31.2 Å². The fourth-order valence-corrected chi connectivity index (χ4v) is 3.12. The summed E-state index contributed by atoms with van der Waals surface area (Å²) in [6, 6.07) is 9.63. The van der Waals surface area contributed by atoms with Crippen molar-refractivity contribution in [1.29, 1.82) is 0 Å². The first-order valence-corrected chi connectivity index (χ1v) is 7.00. The number of anilines is 1. The van der Waals surface area contributed by atoms with Gasteiger partial charge in [0.15, 0.2) is 0 Å². The third kappa shape index (κ3) is 2.47. The summed E-state index contributed by atoms with van der Waals surface area (Å²) in [5, 5.41) is 3.64. The molecule has 0 bridgehead atoms. The van der Waals surface area contributed by atoms with Crippen LogP contribution in [0.3, 0.4) is 0 Å². The summed E-state index contributed by atoms with van der Waals surface area (Å²) >= 11 is 0. The van der Waals surface area contributed by atoms with Crippen molar-refractivity contribution < 1.29 is 0 Å². The number of nitrogens with one attached hydrogen (secondary N) is 1. The van der Waals surface area contributed by atoms with Gasteiger partial charge in [-0.15, -0.1) is 0 Å². The van der Waals surface area contributed by atoms with Crippen LogP contribution in [0.25, 0.3) is 0 Å². The highest BCUT2D eigenvalue weighted by molar-refractivity contribution is 5.57. The average Bonchev–Trinajstić information content (AvgIpc) is 2.81. The van der Waals surface area contributed by atoms with E-state index in [1.54, 1.807) is 0 Å². The zero-order valence-electron chi connectivity index (χ0n) is 10.5. The van der Waals surface area contributed by atoms with Crippen LogP contribution in [0.4, 0.5) is 5.69 Å². The third-order valence-corrected chi connectivity index (χ3v) is 4.14. The second kappa shape index (κ2) is 5.09. The normalized spacial score (nSPS) is 23.8. The lowest BCUT2D eigenvalue weighted by Crippen LogP contribution is -2.37. The molecule has 0 amide bonds. The minimum absolute atomic E-state index is 0.761. The standard InChI is InChI=1S/C15H22N2/c1-2-7-15-13(5-1)8-11-17(15)12-9-14-6-3-4-10-16-14/h1-2,5,7,14,16H,3-4,6,8-12H2/t14-/m0/s1. The molecule has 2 heteroatoms. The van der Waals surface area contributed by atoms with Crippen molar-refractivity contribution in [3.8, 4) is 0 Å². The Bertz CT molecular complexity index is 369. The highest BCUT2D eigenvalue weighted by atomic mass is 15.1. The number of benzene rings is 1. The Morgan fingerprint density at radius 2 is 2.18 bits per heavy atom. The van der Waals surface area contributed by atoms with Crippen molar-refractivity contribution in [2.24, 2.45) is 0 Å². The lowest BCUT2D eigenvalue weighted by atomic mass is 10.0. The van der Waals surface area contributed by atoms with E-state index in [4.69, 9.17) is 0 Å². The van der Waals surface area contributed by atoms with Crippen LogP contribution >= 0.6 is 0 Å². The first-order chi connectivity index (χ1) is 8.43. The molecule has 0 radical (unpaired) electrons. The van der Waals surface area contributed by atoms with E-state index in [1.807, 2.05) is 0 Å². The SMILES string of the molecule is c1ccc2c(c1)CCN2CC[C@@H]1CCCCN1. The number of piperidine rings is 1. The molecule has 17 heavy (non-hydrogen) atoms. The monoisotopic (exact) mass is 230 g/mol. The Labute approximate surface area is 104 Å². The van der Waals surface area contributed by atoms with Gasteiger partial charge in [-0.2, -0.15) is 0 Å². The van der Waals surface area contributed by atoms with Crippen molar-refractivity contribution in [3.63, 3.8) is 0 Å². The summed E-state index contributed by atoms with van der Waals surface area (Å²) in [5.41, 5.74) is 3.01. The zero-order chi connectivity index (χ0) is 11.5. The molecule has 2 nitrogen and oxygen atoms in total. The van der Waals surface area contributed by atoms with Gasteiger partial charge in [0.1, 0.15) is 0 Å². The molecule has 1 saturated heterocycles. The van der Waals surface area contributed by atoms with E-state index in [2.05, 4.69) is 34.5 Å². The van der Waals surface area contributed by atoms with E-state index in [9.17, 15) is 0 Å². The first-order valence-electron chi connectivity index (χ1n) is 7.00. The van der Waals surface area contributed by atoms with Gasteiger partial charge in [0.25, 0.3) is 0 Å². The maximum Gasteiger partial charge on any atom is 0.0399 e. The quantitative estimate of drug-likeness (QED) is 0.858. The van der Waals surface area contributed by atoms with Gasteiger partial charge in [-0.05, 0) is 43.9 Å². The number of para-hydroxylation sites is 1. The van der Waals surface area contributed by atoms with Gasteiger partial charge in [-0.3, -0.25) is 0 Å². The van der Waals surface area contributed by atoms with Crippen LogP contribution in [0.5, 0.6) is 0 Å². The van der Waals surface area contributed by atoms with Crippen LogP contribution < -0.4 is 10.2 Å². The van der Waals surface area contributed by atoms with E-state index >= 15 is 0 Å². The van der Waals surface area contributed by atoms with Gasteiger partial charge in [0, 0.05) is 24.8 Å². The molecule has 92 valence electrons. The van der Waals surface area contributed by atoms with E-state index in [0.29, 0.717) is 0 Å². The van der Waals surface area contributed by atoms with E-state index in [-0.39, 0.29) is 0 Å². The Morgan fingerprint density at radius 1 is 1.24 bits per heavy atom. The minimum atomic E-state index is 0.761. The molecule has 2 aliphatic rings. The number of hydrogen-bond acceptors (Lipinski definition) is 2. The molecular formula is C15H22N2. The van der Waals surface area contributed by atoms with Crippen molar-refractivity contribution in [2.75, 3.05) is 24.5 Å². The smallest absolute Gasteiger partial charge is 0.0399 e. The first kappa shape index (κ1) is 11.1. The van der Waals surface area contributed by atoms with Crippen LogP contribution in [0, 0.1) is 0 Å². The highest BCUT2D eigenvalue weighted by Crippen LogP contribution is 2.27. The summed E-state index contributed by atoms with van der Waals surface area (Å²) in [6.07, 6.45) is 6.68. The lowest BCUT2D eigenvalue weighted by molar-refractivity contribution is 0.383. The van der Waals surface area contributed by atoms with Crippen LogP contribution in [0.15, 0.2) is 24.3 Å². The van der Waals surface area contributed by atoms with Gasteiger partial charge in [0.2, 0.25) is 0 Å². The summed E-state index contributed by atoms with van der Waals surface area (Å²) in [6.45, 7) is 3.65. The summed E-state index contributed by atoms with van der Waals surface area (Å²) in [5.74, 6) is 0. The van der Waals surface area contributed by atoms with Crippen LogP contribution in [-0.2, 0) is 6.42 Å². The van der Waals surface area contributed by atoms with Crippen LogP contribution in [-0.4, -0.2) is 25.7 Å². The van der Waals surface area contributed by atoms with Gasteiger partial charge < -0.3 is 10.2 Å². The highest BCUT2D eigenvalue weighted by Gasteiger charge is 2.19. The minimum Gasteiger partial charge on any atom is -0.371 e. The Morgan fingerprint density at radius 3 is 3.06 bits per heavy atom. The summed E-state index contributed by atoms with van der Waals surface area (Å²) < 4.78 is 0. The molecule has 2 heterocycles. The molecule has 0 aliphatic carbocycles. The van der Waals surface area contributed by atoms with Gasteiger partial charge >= 0.3 is 0 Å². The molecule has 1 fully saturated rings. The average molecular weight is 230 g/mol. The largest absolute Gasteiger partial charge is 0.371 e. The molecule has 0 saturated carbocycles. The Kier molecular flexibility index (Phi) is 3.32. The van der Waals surface area contributed by atoms with Gasteiger partial charge in [0.05, 0.1) is 0 Å². The summed E-state index contributed by atoms with van der Waals surface area (Å²) in [7, 11) is 0. The molecule has 3 rings (SSSR count). The second-order valence-electron chi connectivity index (χ2n) is 5.30. The van der Waals surface area contributed by atoms with Crippen molar-refractivity contribution in [1.82, 2.24) is 5.32 Å². The lowest BCUT2D eigenvalue weighted by Gasteiger charge is -2.27. The number of hydrogen-bond donors (Lipinski definition) is 1. The van der Waals surface area contributed by atoms with Crippen LogP contribution in [0.2, 0.25) is 0 Å². The third-order valence-electron chi connectivity index (χ3n) is 4.14. The number of nitrogens with zero attached hydrogens (tertiary/aromatic N) is 1. The van der Waals surface area contributed by atoms with Crippen molar-refractivity contribution in [3.05, 3.63) is 29.8 Å². The predicted octanol–water partition coefficient (Wildman–Crippen LogP) is 2.58. The number of rotatable bonds is 3. The van der Waals surface area contributed by atoms with E-state index < -0.39 is 0 Å². The molecule has 0 aromatic heterocycles. The van der Waals surface area contributed by atoms with E-state index in [0.717, 1.165) is 6.04 Å². The molecule has 1 atom stereocenters. The molecule has 1 N–H and O–H groups in total.